The number of ether oxygens (including phenoxy) is 2. The van der Waals surface area contributed by atoms with E-state index < -0.39 is 6.09 Å². The molecule has 0 saturated carbocycles. The highest BCUT2D eigenvalue weighted by Gasteiger charge is 2.06. The van der Waals surface area contributed by atoms with E-state index in [1.165, 1.54) is 0 Å². The van der Waals surface area contributed by atoms with E-state index >= 15 is 0 Å². The van der Waals surface area contributed by atoms with Gasteiger partial charge in [-0.25, -0.2) is 4.79 Å². The summed E-state index contributed by atoms with van der Waals surface area (Å²) in [6.07, 6.45) is 0.512. The Balaban J connectivity index is 1.55. The molecular weight excluding hydrogens is 378 g/mol. The van der Waals surface area contributed by atoms with E-state index in [1.807, 2.05) is 72.8 Å². The fourth-order valence-electron chi connectivity index (χ4n) is 3.01. The van der Waals surface area contributed by atoms with Crippen LogP contribution in [-0.2, 0) is 27.3 Å². The van der Waals surface area contributed by atoms with E-state index in [2.05, 4.69) is 11.4 Å². The van der Waals surface area contributed by atoms with E-state index in [-0.39, 0.29) is 12.6 Å². The summed E-state index contributed by atoms with van der Waals surface area (Å²) in [6, 6.07) is 25.2. The van der Waals surface area contributed by atoms with Gasteiger partial charge < -0.3 is 9.47 Å². The van der Waals surface area contributed by atoms with E-state index in [9.17, 15) is 9.59 Å². The molecule has 0 fully saturated rings. The Morgan fingerprint density at radius 2 is 1.53 bits per heavy atom. The minimum Gasteiger partial charge on any atom is -0.466 e. The van der Waals surface area contributed by atoms with Gasteiger partial charge in [0.25, 0.3) is 0 Å². The number of amides is 1. The summed E-state index contributed by atoms with van der Waals surface area (Å²) in [6.45, 7) is 2.43. The molecule has 0 atom stereocenters. The first-order chi connectivity index (χ1) is 14.6. The van der Waals surface area contributed by atoms with Gasteiger partial charge in [-0.05, 0) is 47.7 Å². The molecule has 0 aliphatic rings. The first kappa shape index (κ1) is 21.1. The first-order valence-corrected chi connectivity index (χ1v) is 9.97. The molecule has 0 saturated heterocycles. The molecule has 0 aliphatic carbocycles. The van der Waals surface area contributed by atoms with Crippen LogP contribution in [0.4, 0.5) is 10.5 Å². The summed E-state index contributed by atoms with van der Waals surface area (Å²) >= 11 is 0. The van der Waals surface area contributed by atoms with Crippen LogP contribution < -0.4 is 5.32 Å². The molecule has 0 aromatic heterocycles. The average Bonchev–Trinajstić information content (AvgIpc) is 2.78. The molecule has 30 heavy (non-hydrogen) atoms. The van der Waals surface area contributed by atoms with Crippen LogP contribution in [0.5, 0.6) is 0 Å². The SMILES string of the molecule is CCOC(=O)CCc1cccc(-c2ccc(NC(=O)OCc3ccccc3)cc2)c1. The number of nitrogens with one attached hydrogen (secondary N) is 1. The Morgan fingerprint density at radius 1 is 0.800 bits per heavy atom. The number of hydrogen-bond acceptors (Lipinski definition) is 4. The van der Waals surface area contributed by atoms with Crippen molar-refractivity contribution in [1.82, 2.24) is 0 Å². The Hall–Kier alpha value is -3.60. The molecule has 0 unspecified atom stereocenters. The minimum atomic E-state index is -0.493. The van der Waals surface area contributed by atoms with Crippen LogP contribution in [-0.4, -0.2) is 18.7 Å². The van der Waals surface area contributed by atoms with Gasteiger partial charge in [-0.3, -0.25) is 10.1 Å². The van der Waals surface area contributed by atoms with Gasteiger partial charge >= 0.3 is 12.1 Å². The molecule has 0 bridgehead atoms. The summed E-state index contributed by atoms with van der Waals surface area (Å²) < 4.78 is 10.2. The van der Waals surface area contributed by atoms with Crippen molar-refractivity contribution in [2.45, 2.75) is 26.4 Å². The number of esters is 1. The highest BCUT2D eigenvalue weighted by molar-refractivity contribution is 5.85. The lowest BCUT2D eigenvalue weighted by atomic mass is 10.0. The Kier molecular flexibility index (Phi) is 7.61. The molecule has 3 aromatic carbocycles. The number of rotatable bonds is 8. The van der Waals surface area contributed by atoms with Gasteiger partial charge in [0, 0.05) is 12.1 Å². The highest BCUT2D eigenvalue weighted by atomic mass is 16.5. The second-order valence-electron chi connectivity index (χ2n) is 6.77. The third-order valence-electron chi connectivity index (χ3n) is 4.53. The lowest BCUT2D eigenvalue weighted by Crippen LogP contribution is -2.13. The summed E-state index contributed by atoms with van der Waals surface area (Å²) in [5.74, 6) is -0.183. The maximum Gasteiger partial charge on any atom is 0.411 e. The van der Waals surface area contributed by atoms with Gasteiger partial charge in [-0.2, -0.15) is 0 Å². The van der Waals surface area contributed by atoms with Crippen molar-refractivity contribution in [1.29, 1.82) is 0 Å². The number of carbonyl (C=O) groups is 2. The normalized spacial score (nSPS) is 10.3. The van der Waals surface area contributed by atoms with Crippen molar-refractivity contribution >= 4 is 17.7 Å². The molecule has 1 amide bonds. The maximum absolute atomic E-state index is 12.0. The van der Waals surface area contributed by atoms with E-state index in [0.717, 1.165) is 22.3 Å². The Bertz CT molecular complexity index is 968. The lowest BCUT2D eigenvalue weighted by molar-refractivity contribution is -0.143. The first-order valence-electron chi connectivity index (χ1n) is 9.97. The zero-order chi connectivity index (χ0) is 21.2. The quantitative estimate of drug-likeness (QED) is 0.497. The molecule has 5 nitrogen and oxygen atoms in total. The molecule has 0 aliphatic heterocycles. The number of hydrogen-bond donors (Lipinski definition) is 1. The molecule has 3 aromatic rings. The molecule has 1 N–H and O–H groups in total. The van der Waals surface area contributed by atoms with Gasteiger partial charge in [0.15, 0.2) is 0 Å². The number of benzene rings is 3. The smallest absolute Gasteiger partial charge is 0.411 e. The van der Waals surface area contributed by atoms with Gasteiger partial charge in [-0.1, -0.05) is 66.7 Å². The Labute approximate surface area is 176 Å². The van der Waals surface area contributed by atoms with Crippen LogP contribution in [0.1, 0.15) is 24.5 Å². The van der Waals surface area contributed by atoms with Crippen molar-refractivity contribution in [2.24, 2.45) is 0 Å². The van der Waals surface area contributed by atoms with Gasteiger partial charge in [-0.15, -0.1) is 0 Å². The third kappa shape index (κ3) is 6.48. The van der Waals surface area contributed by atoms with Crippen molar-refractivity contribution < 1.29 is 19.1 Å². The molecule has 3 rings (SSSR count). The van der Waals surface area contributed by atoms with Crippen molar-refractivity contribution in [3.8, 4) is 11.1 Å². The van der Waals surface area contributed by atoms with Crippen LogP contribution >= 0.6 is 0 Å². The summed E-state index contributed by atoms with van der Waals surface area (Å²) in [4.78, 5) is 23.5. The summed E-state index contributed by atoms with van der Waals surface area (Å²) in [5, 5.41) is 2.73. The molecule has 5 heteroatoms. The minimum absolute atomic E-state index is 0.183. The molecule has 0 heterocycles. The molecule has 0 radical (unpaired) electrons. The molecule has 0 spiro atoms. The monoisotopic (exact) mass is 403 g/mol. The Morgan fingerprint density at radius 3 is 2.27 bits per heavy atom. The van der Waals surface area contributed by atoms with Crippen molar-refractivity contribution in [3.05, 3.63) is 90.0 Å². The number of anilines is 1. The number of carbonyl (C=O) groups excluding carboxylic acids is 2. The average molecular weight is 403 g/mol. The molecule has 154 valence electrons. The topological polar surface area (TPSA) is 64.6 Å². The lowest BCUT2D eigenvalue weighted by Gasteiger charge is -2.09. The largest absolute Gasteiger partial charge is 0.466 e. The highest BCUT2D eigenvalue weighted by Crippen LogP contribution is 2.23. The molecular formula is C25H25NO4. The van der Waals surface area contributed by atoms with E-state index in [1.54, 1.807) is 6.92 Å². The summed E-state index contributed by atoms with van der Waals surface area (Å²) in [7, 11) is 0. The third-order valence-corrected chi connectivity index (χ3v) is 4.53. The van der Waals surface area contributed by atoms with E-state index in [4.69, 9.17) is 9.47 Å². The van der Waals surface area contributed by atoms with Crippen LogP contribution in [0.15, 0.2) is 78.9 Å². The zero-order valence-corrected chi connectivity index (χ0v) is 17.0. The fourth-order valence-corrected chi connectivity index (χ4v) is 3.01. The van der Waals surface area contributed by atoms with Gasteiger partial charge in [0.1, 0.15) is 6.61 Å². The fraction of sp³-hybridized carbons (Fsp3) is 0.200. The predicted octanol–water partition coefficient (Wildman–Crippen LogP) is 5.60. The van der Waals surface area contributed by atoms with Crippen LogP contribution in [0.2, 0.25) is 0 Å². The van der Waals surface area contributed by atoms with Crippen LogP contribution in [0.3, 0.4) is 0 Å². The maximum atomic E-state index is 12.0. The van der Waals surface area contributed by atoms with Crippen molar-refractivity contribution in [3.63, 3.8) is 0 Å². The van der Waals surface area contributed by atoms with Gasteiger partial charge in [0.2, 0.25) is 0 Å². The number of aryl methyl sites for hydroxylation is 1. The predicted molar refractivity (Wildman–Crippen MR) is 117 cm³/mol. The summed E-state index contributed by atoms with van der Waals surface area (Å²) in [5.41, 5.74) is 4.75. The second kappa shape index (κ2) is 10.8. The zero-order valence-electron chi connectivity index (χ0n) is 17.0. The van der Waals surface area contributed by atoms with Gasteiger partial charge in [0.05, 0.1) is 6.61 Å². The second-order valence-corrected chi connectivity index (χ2v) is 6.77. The van der Waals surface area contributed by atoms with E-state index in [0.29, 0.717) is 25.1 Å². The standard InChI is InChI=1S/C25H25NO4/c1-2-29-24(27)16-11-19-9-6-10-22(17-19)21-12-14-23(15-13-21)26-25(28)30-18-20-7-4-3-5-8-20/h3-10,12-15,17H,2,11,16,18H2,1H3,(H,26,28). The van der Waals surface area contributed by atoms with Crippen molar-refractivity contribution in [2.75, 3.05) is 11.9 Å². The van der Waals surface area contributed by atoms with Crippen LogP contribution in [0, 0.1) is 0 Å². The van der Waals surface area contributed by atoms with Crippen LogP contribution in [0.25, 0.3) is 11.1 Å².